The molecule has 0 spiro atoms. The van der Waals surface area contributed by atoms with Crippen LogP contribution in [0.4, 0.5) is 0 Å². The maximum atomic E-state index is 13.6. The maximum Gasteiger partial charge on any atom is 0.259 e. The second kappa shape index (κ2) is 10.9. The van der Waals surface area contributed by atoms with Crippen molar-refractivity contribution in [1.29, 1.82) is 0 Å². The molecule has 0 unspecified atom stereocenters. The van der Waals surface area contributed by atoms with E-state index in [1.807, 2.05) is 51.2 Å². The lowest BCUT2D eigenvalue weighted by Gasteiger charge is -2.37. The van der Waals surface area contributed by atoms with Gasteiger partial charge in [0.05, 0.1) is 12.6 Å². The highest BCUT2D eigenvalue weighted by Gasteiger charge is 2.34. The van der Waals surface area contributed by atoms with E-state index < -0.39 is 0 Å². The Kier molecular flexibility index (Phi) is 7.73. The summed E-state index contributed by atoms with van der Waals surface area (Å²) in [5.41, 5.74) is 4.42. The number of hydrogen-bond donors (Lipinski definition) is 1. The lowest BCUT2D eigenvalue weighted by molar-refractivity contribution is 0.0325. The van der Waals surface area contributed by atoms with Gasteiger partial charge in [0.25, 0.3) is 5.91 Å². The summed E-state index contributed by atoms with van der Waals surface area (Å²) in [5, 5.41) is 9.88. The van der Waals surface area contributed by atoms with Crippen LogP contribution >= 0.6 is 0 Å². The number of carbonyl (C=O) groups excluding carboxylic acids is 1. The fourth-order valence-electron chi connectivity index (χ4n) is 4.46. The number of aromatic nitrogens is 3. The second-order valence-corrected chi connectivity index (χ2v) is 9.46. The van der Waals surface area contributed by atoms with Gasteiger partial charge in [0.1, 0.15) is 18.0 Å². The molecule has 3 aromatic rings. The molecule has 184 valence electrons. The largest absolute Gasteiger partial charge is 0.472 e. The number of nitrogens with zero attached hydrogens (tertiary/aromatic N) is 5. The van der Waals surface area contributed by atoms with Gasteiger partial charge in [0.2, 0.25) is 5.88 Å². The van der Waals surface area contributed by atoms with Gasteiger partial charge in [-0.15, -0.1) is 0 Å². The molecule has 0 saturated carbocycles. The molecule has 0 fully saturated rings. The van der Waals surface area contributed by atoms with Crippen LogP contribution in [-0.2, 0) is 6.54 Å². The fraction of sp³-hybridized carbons (Fsp3) is 0.407. The number of benzene rings is 1. The molecule has 0 aliphatic carbocycles. The Hall–Kier alpha value is -3.36. The highest BCUT2D eigenvalue weighted by Crippen LogP contribution is 2.31. The van der Waals surface area contributed by atoms with Crippen LogP contribution in [0.15, 0.2) is 55.2 Å². The summed E-state index contributed by atoms with van der Waals surface area (Å²) >= 11 is 0. The van der Waals surface area contributed by atoms with E-state index in [0.29, 0.717) is 31.1 Å². The van der Waals surface area contributed by atoms with Gasteiger partial charge in [-0.1, -0.05) is 31.2 Å². The fourth-order valence-corrected chi connectivity index (χ4v) is 4.46. The van der Waals surface area contributed by atoms with Crippen LogP contribution in [0.2, 0.25) is 0 Å². The van der Waals surface area contributed by atoms with Gasteiger partial charge in [-0.25, -0.2) is 15.0 Å². The van der Waals surface area contributed by atoms with Crippen molar-refractivity contribution in [1.82, 2.24) is 24.8 Å². The quantitative estimate of drug-likeness (QED) is 0.561. The topological polar surface area (TPSA) is 91.7 Å². The molecule has 0 radical (unpaired) electrons. The molecule has 35 heavy (non-hydrogen) atoms. The minimum absolute atomic E-state index is 0.0217. The number of amides is 1. The van der Waals surface area contributed by atoms with E-state index in [2.05, 4.69) is 26.8 Å². The van der Waals surface area contributed by atoms with Crippen molar-refractivity contribution in [3.05, 3.63) is 71.9 Å². The van der Waals surface area contributed by atoms with E-state index >= 15 is 0 Å². The van der Waals surface area contributed by atoms with Crippen molar-refractivity contribution in [3.8, 4) is 17.0 Å². The van der Waals surface area contributed by atoms with Gasteiger partial charge in [0, 0.05) is 55.3 Å². The van der Waals surface area contributed by atoms with Crippen molar-refractivity contribution in [3.63, 3.8) is 0 Å². The van der Waals surface area contributed by atoms with Crippen molar-refractivity contribution in [2.75, 3.05) is 26.7 Å². The Morgan fingerprint density at radius 2 is 1.94 bits per heavy atom. The monoisotopic (exact) mass is 475 g/mol. The smallest absolute Gasteiger partial charge is 0.259 e. The summed E-state index contributed by atoms with van der Waals surface area (Å²) in [5.74, 6) is 0.174. The predicted molar refractivity (Wildman–Crippen MR) is 134 cm³/mol. The molecule has 8 nitrogen and oxygen atoms in total. The van der Waals surface area contributed by atoms with Gasteiger partial charge >= 0.3 is 0 Å². The Bertz CT molecular complexity index is 1160. The highest BCUT2D eigenvalue weighted by atomic mass is 16.5. The second-order valence-electron chi connectivity index (χ2n) is 9.46. The molecular formula is C27H33N5O3. The first-order valence-electron chi connectivity index (χ1n) is 11.9. The number of ether oxygens (including phenoxy) is 1. The van der Waals surface area contributed by atoms with E-state index in [9.17, 15) is 9.90 Å². The van der Waals surface area contributed by atoms with Crippen LogP contribution in [0.3, 0.4) is 0 Å². The van der Waals surface area contributed by atoms with Gasteiger partial charge in [-0.3, -0.25) is 9.69 Å². The van der Waals surface area contributed by atoms with Crippen LogP contribution in [-0.4, -0.2) is 74.7 Å². The minimum atomic E-state index is -0.321. The normalized spacial score (nSPS) is 19.0. The number of hydrogen-bond acceptors (Lipinski definition) is 7. The molecule has 1 amide bonds. The molecule has 0 saturated heterocycles. The number of fused-ring (bicyclic) bond motifs is 1. The molecule has 1 aliphatic rings. The molecule has 1 aromatic carbocycles. The maximum absolute atomic E-state index is 13.6. The predicted octanol–water partition coefficient (Wildman–Crippen LogP) is 3.20. The molecule has 0 bridgehead atoms. The van der Waals surface area contributed by atoms with E-state index in [0.717, 1.165) is 22.3 Å². The standard InChI is InChI=1S/C27H33N5O3/c1-18-7-5-6-8-23(18)22-9-24-26(30-12-22)35-25(15-31(4)14-21-10-28-17-29-11-21)19(2)13-32(27(24)34)20(3)16-33/h5-12,17,19-20,25,33H,13-16H2,1-4H3/t19-,20+,25-/m1/s1. The third-order valence-corrected chi connectivity index (χ3v) is 6.54. The van der Waals surface area contributed by atoms with E-state index in [-0.39, 0.29) is 30.6 Å². The lowest BCUT2D eigenvalue weighted by atomic mass is 9.98. The van der Waals surface area contributed by atoms with Crippen molar-refractivity contribution >= 4 is 5.91 Å². The third kappa shape index (κ3) is 5.66. The van der Waals surface area contributed by atoms with Gasteiger partial charge < -0.3 is 14.7 Å². The van der Waals surface area contributed by atoms with Crippen LogP contribution < -0.4 is 4.74 Å². The minimum Gasteiger partial charge on any atom is -0.472 e. The van der Waals surface area contributed by atoms with Crippen molar-refractivity contribution in [2.45, 2.75) is 39.5 Å². The average molecular weight is 476 g/mol. The summed E-state index contributed by atoms with van der Waals surface area (Å²) in [7, 11) is 2.02. The number of rotatable bonds is 7. The third-order valence-electron chi connectivity index (χ3n) is 6.54. The van der Waals surface area contributed by atoms with E-state index in [1.165, 1.54) is 6.33 Å². The van der Waals surface area contributed by atoms with Crippen LogP contribution in [0.25, 0.3) is 11.1 Å². The van der Waals surface area contributed by atoms with Gasteiger partial charge in [-0.05, 0) is 38.1 Å². The van der Waals surface area contributed by atoms with Crippen LogP contribution in [0.1, 0.15) is 35.3 Å². The average Bonchev–Trinajstić information content (AvgIpc) is 2.86. The van der Waals surface area contributed by atoms with Crippen LogP contribution in [0.5, 0.6) is 5.88 Å². The number of pyridine rings is 1. The number of aliphatic hydroxyl groups excluding tert-OH is 1. The summed E-state index contributed by atoms with van der Waals surface area (Å²) < 4.78 is 6.42. The zero-order valence-corrected chi connectivity index (χ0v) is 20.8. The molecular weight excluding hydrogens is 442 g/mol. The Morgan fingerprint density at radius 3 is 2.66 bits per heavy atom. The molecule has 8 heteroatoms. The Labute approximate surface area is 206 Å². The zero-order valence-electron chi connectivity index (χ0n) is 20.8. The number of aryl methyl sites for hydroxylation is 1. The molecule has 1 aliphatic heterocycles. The first-order valence-corrected chi connectivity index (χ1v) is 11.9. The summed E-state index contributed by atoms with van der Waals surface area (Å²) in [6.45, 7) is 7.64. The lowest BCUT2D eigenvalue weighted by Crippen LogP contribution is -2.49. The number of aliphatic hydroxyl groups is 1. The first kappa shape index (κ1) is 24.8. The summed E-state index contributed by atoms with van der Waals surface area (Å²) in [6.07, 6.45) is 6.69. The number of likely N-dealkylation sites (N-methyl/N-ethyl adjacent to an activating group) is 1. The number of carbonyl (C=O) groups is 1. The van der Waals surface area contributed by atoms with E-state index in [4.69, 9.17) is 4.74 Å². The van der Waals surface area contributed by atoms with Crippen LogP contribution in [0, 0.1) is 12.8 Å². The van der Waals surface area contributed by atoms with E-state index in [1.54, 1.807) is 23.5 Å². The molecule has 1 N–H and O–H groups in total. The van der Waals surface area contributed by atoms with Gasteiger partial charge in [-0.2, -0.15) is 0 Å². The molecule has 3 heterocycles. The zero-order chi connectivity index (χ0) is 24.9. The SMILES string of the molecule is Cc1ccccc1-c1cnc2c(c1)C(=O)N([C@@H](C)CO)C[C@@H](C)[C@@H](CN(C)Cc1cncnc1)O2. The van der Waals surface area contributed by atoms with Crippen molar-refractivity contribution in [2.24, 2.45) is 5.92 Å². The Balaban J connectivity index is 1.67. The van der Waals surface area contributed by atoms with Crippen molar-refractivity contribution < 1.29 is 14.6 Å². The first-order chi connectivity index (χ1) is 16.9. The Morgan fingerprint density at radius 1 is 1.20 bits per heavy atom. The van der Waals surface area contributed by atoms with Gasteiger partial charge in [0.15, 0.2) is 0 Å². The molecule has 2 aromatic heterocycles. The molecule has 4 rings (SSSR count). The summed E-state index contributed by atoms with van der Waals surface area (Å²) in [4.78, 5) is 30.4. The summed E-state index contributed by atoms with van der Waals surface area (Å²) in [6, 6.07) is 9.57. The highest BCUT2D eigenvalue weighted by molar-refractivity contribution is 5.98. The molecule has 3 atom stereocenters.